The monoisotopic (exact) mass is 385 g/mol. The molecule has 0 aliphatic carbocycles. The van der Waals surface area contributed by atoms with Gasteiger partial charge in [0.25, 0.3) is 11.6 Å². The molecule has 1 saturated heterocycles. The number of thiophene rings is 1. The Morgan fingerprint density at radius 2 is 2.00 bits per heavy atom. The first-order valence-corrected chi connectivity index (χ1v) is 9.96. The zero-order valence-electron chi connectivity index (χ0n) is 16.0. The molecular formula is C20H23N3O3S. The molecule has 0 bridgehead atoms. The summed E-state index contributed by atoms with van der Waals surface area (Å²) in [5.74, 6) is 0.00843. The number of fused-ring (bicyclic) bond motifs is 1. The second kappa shape index (κ2) is 7.05. The first kappa shape index (κ1) is 18.1. The van der Waals surface area contributed by atoms with E-state index in [0.29, 0.717) is 35.4 Å². The minimum atomic E-state index is 0.00843. The van der Waals surface area contributed by atoms with Gasteiger partial charge in [-0.3, -0.25) is 4.79 Å². The van der Waals surface area contributed by atoms with E-state index >= 15 is 0 Å². The van der Waals surface area contributed by atoms with Gasteiger partial charge in [0.05, 0.1) is 28.4 Å². The molecular weight excluding hydrogens is 362 g/mol. The highest BCUT2D eigenvalue weighted by molar-refractivity contribution is 7.12. The number of ether oxygens (including phenoxy) is 1. The number of rotatable bonds is 3. The highest BCUT2D eigenvalue weighted by Crippen LogP contribution is 2.33. The standard InChI is InChI=1S/C20H23N3O3S/c1-11-9-15(13(3)27-11)17-10-16(18-12(2)22-26-19(18)21-17)20(24)23-7-5-14(25-4)6-8-23/h9-10,14H,5-8H2,1-4H3. The van der Waals surface area contributed by atoms with Gasteiger partial charge in [0.2, 0.25) is 0 Å². The van der Waals surface area contributed by atoms with Crippen molar-refractivity contribution in [1.82, 2.24) is 15.0 Å². The summed E-state index contributed by atoms with van der Waals surface area (Å²) in [4.78, 5) is 22.3. The van der Waals surface area contributed by atoms with Gasteiger partial charge in [-0.1, -0.05) is 5.16 Å². The van der Waals surface area contributed by atoms with Crippen LogP contribution in [0.5, 0.6) is 0 Å². The zero-order chi connectivity index (χ0) is 19.1. The Morgan fingerprint density at radius 3 is 2.63 bits per heavy atom. The molecule has 3 aromatic heterocycles. The van der Waals surface area contributed by atoms with Crippen molar-refractivity contribution < 1.29 is 14.1 Å². The van der Waals surface area contributed by atoms with Crippen LogP contribution in [0.4, 0.5) is 0 Å². The summed E-state index contributed by atoms with van der Waals surface area (Å²) >= 11 is 1.72. The van der Waals surface area contributed by atoms with Crippen molar-refractivity contribution in [2.45, 2.75) is 39.7 Å². The number of aryl methyl sites for hydroxylation is 3. The Morgan fingerprint density at radius 1 is 1.26 bits per heavy atom. The smallest absolute Gasteiger partial charge is 0.259 e. The molecule has 1 aliphatic rings. The lowest BCUT2D eigenvalue weighted by Crippen LogP contribution is -2.40. The second-order valence-corrected chi connectivity index (χ2v) is 8.52. The Bertz CT molecular complexity index is 999. The number of hydrogen-bond donors (Lipinski definition) is 0. The number of amides is 1. The van der Waals surface area contributed by atoms with Crippen molar-refractivity contribution in [2.24, 2.45) is 0 Å². The van der Waals surface area contributed by atoms with Crippen LogP contribution in [0.15, 0.2) is 16.7 Å². The van der Waals surface area contributed by atoms with Crippen LogP contribution in [0.1, 0.15) is 38.6 Å². The van der Waals surface area contributed by atoms with Gasteiger partial charge in [-0.05, 0) is 45.7 Å². The maximum absolute atomic E-state index is 13.3. The Hall–Kier alpha value is -2.25. The van der Waals surface area contributed by atoms with Crippen molar-refractivity contribution in [2.75, 3.05) is 20.2 Å². The van der Waals surface area contributed by atoms with Crippen molar-refractivity contribution in [3.63, 3.8) is 0 Å². The third-order valence-electron chi connectivity index (χ3n) is 5.23. The van der Waals surface area contributed by atoms with Crippen LogP contribution in [-0.4, -0.2) is 47.3 Å². The molecule has 4 rings (SSSR count). The van der Waals surface area contributed by atoms with Crippen molar-refractivity contribution in [3.8, 4) is 11.3 Å². The fraction of sp³-hybridized carbons (Fsp3) is 0.450. The second-order valence-electron chi connectivity index (χ2n) is 7.06. The topological polar surface area (TPSA) is 68.5 Å². The SMILES string of the molecule is COC1CCN(C(=O)c2cc(-c3cc(C)sc3C)nc3onc(C)c23)CC1. The Kier molecular flexibility index (Phi) is 4.74. The number of carbonyl (C=O) groups excluding carboxylic acids is 1. The molecule has 0 aromatic carbocycles. The van der Waals surface area contributed by atoms with Crippen LogP contribution < -0.4 is 0 Å². The molecule has 0 spiro atoms. The number of likely N-dealkylation sites (tertiary alicyclic amines) is 1. The van der Waals surface area contributed by atoms with Crippen LogP contribution in [-0.2, 0) is 4.74 Å². The quantitative estimate of drug-likeness (QED) is 0.678. The highest BCUT2D eigenvalue weighted by atomic mass is 32.1. The molecule has 27 heavy (non-hydrogen) atoms. The van der Waals surface area contributed by atoms with Crippen LogP contribution in [0.25, 0.3) is 22.4 Å². The van der Waals surface area contributed by atoms with E-state index in [1.54, 1.807) is 18.4 Å². The van der Waals surface area contributed by atoms with E-state index in [0.717, 1.165) is 24.1 Å². The fourth-order valence-electron chi connectivity index (χ4n) is 3.75. The van der Waals surface area contributed by atoms with Gasteiger partial charge in [0, 0.05) is 35.5 Å². The third kappa shape index (κ3) is 3.26. The third-order valence-corrected chi connectivity index (χ3v) is 6.19. The van der Waals surface area contributed by atoms with E-state index in [9.17, 15) is 4.79 Å². The van der Waals surface area contributed by atoms with Gasteiger partial charge in [0.15, 0.2) is 0 Å². The van der Waals surface area contributed by atoms with Gasteiger partial charge in [-0.25, -0.2) is 4.98 Å². The normalized spacial score (nSPS) is 15.6. The van der Waals surface area contributed by atoms with E-state index < -0.39 is 0 Å². The van der Waals surface area contributed by atoms with Gasteiger partial charge >= 0.3 is 0 Å². The molecule has 1 amide bonds. The summed E-state index contributed by atoms with van der Waals surface area (Å²) in [5, 5.41) is 4.76. The van der Waals surface area contributed by atoms with Gasteiger partial charge in [-0.2, -0.15) is 0 Å². The molecule has 3 aromatic rings. The van der Waals surface area contributed by atoms with Crippen LogP contribution in [0, 0.1) is 20.8 Å². The first-order valence-electron chi connectivity index (χ1n) is 9.14. The van der Waals surface area contributed by atoms with Gasteiger partial charge < -0.3 is 14.2 Å². The maximum Gasteiger partial charge on any atom is 0.259 e. The van der Waals surface area contributed by atoms with Crippen molar-refractivity contribution >= 4 is 28.3 Å². The Balaban J connectivity index is 1.78. The number of aromatic nitrogens is 2. The molecule has 1 fully saturated rings. The average Bonchev–Trinajstić information content (AvgIpc) is 3.22. The van der Waals surface area contributed by atoms with Gasteiger partial charge in [0.1, 0.15) is 0 Å². The fourth-order valence-corrected chi connectivity index (χ4v) is 4.68. The largest absolute Gasteiger partial charge is 0.381 e. The number of nitrogens with zero attached hydrogens (tertiary/aromatic N) is 3. The van der Waals surface area contributed by atoms with Crippen molar-refractivity contribution in [1.29, 1.82) is 0 Å². The molecule has 6 nitrogen and oxygen atoms in total. The van der Waals surface area contributed by atoms with Crippen LogP contribution in [0.3, 0.4) is 0 Å². The predicted molar refractivity (Wildman–Crippen MR) is 105 cm³/mol. The molecule has 7 heteroatoms. The van der Waals surface area contributed by atoms with Crippen molar-refractivity contribution in [3.05, 3.63) is 33.1 Å². The predicted octanol–water partition coefficient (Wildman–Crippen LogP) is 4.13. The van der Waals surface area contributed by atoms with E-state index in [1.807, 2.05) is 17.9 Å². The summed E-state index contributed by atoms with van der Waals surface area (Å²) in [6, 6.07) is 4.00. The summed E-state index contributed by atoms with van der Waals surface area (Å²) < 4.78 is 10.8. The number of hydrogen-bond acceptors (Lipinski definition) is 6. The first-order chi connectivity index (χ1) is 13.0. The summed E-state index contributed by atoms with van der Waals surface area (Å²) in [7, 11) is 1.73. The van der Waals surface area contributed by atoms with Crippen LogP contribution in [0.2, 0.25) is 0 Å². The lowest BCUT2D eigenvalue weighted by molar-refractivity contribution is 0.0352. The molecule has 0 N–H and O–H groups in total. The number of methoxy groups -OCH3 is 1. The number of piperidine rings is 1. The van der Waals surface area contributed by atoms with E-state index in [-0.39, 0.29) is 12.0 Å². The zero-order valence-corrected chi connectivity index (χ0v) is 16.9. The molecule has 0 radical (unpaired) electrons. The van der Waals surface area contributed by atoms with E-state index in [2.05, 4.69) is 30.1 Å². The van der Waals surface area contributed by atoms with E-state index in [1.165, 1.54) is 9.75 Å². The molecule has 0 saturated carbocycles. The number of carbonyl (C=O) groups is 1. The highest BCUT2D eigenvalue weighted by Gasteiger charge is 2.27. The minimum Gasteiger partial charge on any atom is -0.381 e. The molecule has 4 heterocycles. The lowest BCUT2D eigenvalue weighted by atomic mass is 10.0. The molecule has 142 valence electrons. The minimum absolute atomic E-state index is 0.00843. The summed E-state index contributed by atoms with van der Waals surface area (Å²) in [6.07, 6.45) is 1.94. The summed E-state index contributed by atoms with van der Waals surface area (Å²) in [5.41, 5.74) is 3.53. The number of pyridine rings is 1. The average molecular weight is 385 g/mol. The maximum atomic E-state index is 13.3. The summed E-state index contributed by atoms with van der Waals surface area (Å²) in [6.45, 7) is 7.38. The Labute approximate surface area is 162 Å². The van der Waals surface area contributed by atoms with Crippen LogP contribution >= 0.6 is 11.3 Å². The molecule has 0 atom stereocenters. The van der Waals surface area contributed by atoms with Gasteiger partial charge in [-0.15, -0.1) is 11.3 Å². The molecule has 0 unspecified atom stereocenters. The lowest BCUT2D eigenvalue weighted by Gasteiger charge is -2.31. The molecule has 1 aliphatic heterocycles. The van der Waals surface area contributed by atoms with E-state index in [4.69, 9.17) is 9.26 Å².